The van der Waals surface area contributed by atoms with Gasteiger partial charge in [-0.05, 0) is 55.3 Å². The standard InChI is InChI=1S/C29H27Cl2N3O2/c1-17(2)29-23(28(33-36-29)27-24(30)6-5-7-25(27)31)16-35-22-12-10-19(11-13-22)20-8-9-21-15-32-34(18(3)4)26(21)14-20/h5-15,17-18H,16H2,1-4H3. The highest BCUT2D eigenvalue weighted by molar-refractivity contribution is 6.39. The van der Waals surface area contributed by atoms with Crippen molar-refractivity contribution in [2.24, 2.45) is 0 Å². The summed E-state index contributed by atoms with van der Waals surface area (Å²) in [6.07, 6.45) is 1.91. The van der Waals surface area contributed by atoms with E-state index in [0.29, 0.717) is 27.3 Å². The van der Waals surface area contributed by atoms with Gasteiger partial charge >= 0.3 is 0 Å². The van der Waals surface area contributed by atoms with Gasteiger partial charge in [0.1, 0.15) is 23.8 Å². The Morgan fingerprint density at radius 3 is 2.28 bits per heavy atom. The van der Waals surface area contributed by atoms with Gasteiger partial charge < -0.3 is 9.26 Å². The lowest BCUT2D eigenvalue weighted by Gasteiger charge is -2.11. The van der Waals surface area contributed by atoms with Crippen LogP contribution in [0.4, 0.5) is 0 Å². The Morgan fingerprint density at radius 1 is 0.917 bits per heavy atom. The lowest BCUT2D eigenvalue weighted by atomic mass is 10.0. The average Bonchev–Trinajstić information content (AvgIpc) is 3.47. The molecule has 36 heavy (non-hydrogen) atoms. The lowest BCUT2D eigenvalue weighted by Crippen LogP contribution is -2.02. The summed E-state index contributed by atoms with van der Waals surface area (Å²) in [6, 6.07) is 20.2. The molecule has 0 radical (unpaired) electrons. The van der Waals surface area contributed by atoms with Crippen LogP contribution in [0.25, 0.3) is 33.3 Å². The minimum absolute atomic E-state index is 0.127. The van der Waals surface area contributed by atoms with E-state index in [1.807, 2.05) is 29.1 Å². The zero-order valence-electron chi connectivity index (χ0n) is 20.6. The number of fused-ring (bicyclic) bond motifs is 1. The van der Waals surface area contributed by atoms with Gasteiger partial charge in [0, 0.05) is 22.9 Å². The third kappa shape index (κ3) is 4.61. The predicted molar refractivity (Wildman–Crippen MR) is 146 cm³/mol. The van der Waals surface area contributed by atoms with E-state index >= 15 is 0 Å². The first-order valence-electron chi connectivity index (χ1n) is 12.0. The maximum Gasteiger partial charge on any atom is 0.146 e. The van der Waals surface area contributed by atoms with Gasteiger partial charge in [0.15, 0.2) is 0 Å². The van der Waals surface area contributed by atoms with Crippen LogP contribution < -0.4 is 4.74 Å². The number of nitrogens with zero attached hydrogens (tertiary/aromatic N) is 3. The van der Waals surface area contributed by atoms with Crippen molar-refractivity contribution in [1.82, 2.24) is 14.9 Å². The van der Waals surface area contributed by atoms with Gasteiger partial charge in [-0.2, -0.15) is 5.10 Å². The summed E-state index contributed by atoms with van der Waals surface area (Å²) in [5.41, 5.74) is 5.48. The fourth-order valence-electron chi connectivity index (χ4n) is 4.36. The Morgan fingerprint density at radius 2 is 1.61 bits per heavy atom. The van der Waals surface area contributed by atoms with Crippen molar-refractivity contribution in [3.63, 3.8) is 0 Å². The topological polar surface area (TPSA) is 53.1 Å². The zero-order chi connectivity index (χ0) is 25.4. The average molecular weight is 520 g/mol. The van der Waals surface area contributed by atoms with Gasteiger partial charge in [0.2, 0.25) is 0 Å². The third-order valence-corrected chi connectivity index (χ3v) is 6.83. The number of benzene rings is 3. The highest BCUT2D eigenvalue weighted by atomic mass is 35.5. The quantitative estimate of drug-likeness (QED) is 0.215. The van der Waals surface area contributed by atoms with Crippen molar-refractivity contribution in [3.05, 3.63) is 88.2 Å². The summed E-state index contributed by atoms with van der Waals surface area (Å²) in [6.45, 7) is 8.66. The molecule has 184 valence electrons. The smallest absolute Gasteiger partial charge is 0.146 e. The molecule has 5 nitrogen and oxygen atoms in total. The van der Waals surface area contributed by atoms with Crippen LogP contribution >= 0.6 is 23.2 Å². The zero-order valence-corrected chi connectivity index (χ0v) is 22.1. The van der Waals surface area contributed by atoms with Gasteiger partial charge in [0.25, 0.3) is 0 Å². The Kier molecular flexibility index (Phi) is 6.78. The summed E-state index contributed by atoms with van der Waals surface area (Å²) in [5.74, 6) is 1.63. The number of hydrogen-bond acceptors (Lipinski definition) is 4. The maximum atomic E-state index is 6.46. The molecule has 5 aromatic rings. The second-order valence-corrected chi connectivity index (χ2v) is 10.2. The van der Waals surface area contributed by atoms with E-state index in [2.05, 4.69) is 68.3 Å². The van der Waals surface area contributed by atoms with Gasteiger partial charge in [-0.15, -0.1) is 0 Å². The number of rotatable bonds is 7. The second-order valence-electron chi connectivity index (χ2n) is 9.39. The molecule has 0 N–H and O–H groups in total. The fraction of sp³-hybridized carbons (Fsp3) is 0.241. The van der Waals surface area contributed by atoms with Crippen LogP contribution in [0.1, 0.15) is 51.0 Å². The van der Waals surface area contributed by atoms with E-state index in [0.717, 1.165) is 39.1 Å². The largest absolute Gasteiger partial charge is 0.489 e. The SMILES string of the molecule is CC(C)c1onc(-c2c(Cl)cccc2Cl)c1COc1ccc(-c2ccc3cnn(C(C)C)c3c2)cc1. The second kappa shape index (κ2) is 10.00. The molecule has 5 rings (SSSR count). The minimum atomic E-state index is 0.127. The first kappa shape index (κ1) is 24.4. The van der Waals surface area contributed by atoms with E-state index in [9.17, 15) is 0 Å². The van der Waals surface area contributed by atoms with Gasteiger partial charge in [-0.3, -0.25) is 4.68 Å². The van der Waals surface area contributed by atoms with Gasteiger partial charge in [-0.1, -0.05) is 72.5 Å². The molecular weight excluding hydrogens is 493 g/mol. The summed E-state index contributed by atoms with van der Waals surface area (Å²) in [4.78, 5) is 0. The molecule has 2 aromatic heterocycles. The van der Waals surface area contributed by atoms with Crippen LogP contribution in [-0.2, 0) is 6.61 Å². The van der Waals surface area contributed by atoms with Crippen LogP contribution in [0, 0.1) is 0 Å². The number of halogens is 2. The molecule has 0 spiro atoms. The molecule has 0 saturated carbocycles. The van der Waals surface area contributed by atoms with E-state index in [1.165, 1.54) is 0 Å². The van der Waals surface area contributed by atoms with Crippen molar-refractivity contribution >= 4 is 34.1 Å². The summed E-state index contributed by atoms with van der Waals surface area (Å²) >= 11 is 12.9. The number of ether oxygens (including phenoxy) is 1. The highest BCUT2D eigenvalue weighted by Gasteiger charge is 2.23. The van der Waals surface area contributed by atoms with Crippen molar-refractivity contribution < 1.29 is 9.26 Å². The molecule has 0 unspecified atom stereocenters. The number of aromatic nitrogens is 3. The Bertz CT molecular complexity index is 1500. The maximum absolute atomic E-state index is 6.46. The molecule has 0 fully saturated rings. The van der Waals surface area contributed by atoms with Crippen LogP contribution in [0.5, 0.6) is 5.75 Å². The molecule has 0 saturated heterocycles. The fourth-order valence-corrected chi connectivity index (χ4v) is 4.94. The van der Waals surface area contributed by atoms with E-state index < -0.39 is 0 Å². The van der Waals surface area contributed by atoms with Crippen molar-refractivity contribution in [1.29, 1.82) is 0 Å². The Balaban J connectivity index is 1.40. The number of hydrogen-bond donors (Lipinski definition) is 0. The van der Waals surface area contributed by atoms with E-state index in [-0.39, 0.29) is 12.5 Å². The molecule has 0 amide bonds. The lowest BCUT2D eigenvalue weighted by molar-refractivity contribution is 0.298. The van der Waals surface area contributed by atoms with Crippen LogP contribution in [-0.4, -0.2) is 14.9 Å². The van der Waals surface area contributed by atoms with Crippen LogP contribution in [0.15, 0.2) is 71.4 Å². The van der Waals surface area contributed by atoms with Crippen molar-refractivity contribution in [2.45, 2.75) is 46.3 Å². The predicted octanol–water partition coefficient (Wildman–Crippen LogP) is 8.95. The Labute approximate surface area is 220 Å². The summed E-state index contributed by atoms with van der Waals surface area (Å²) in [5, 5.41) is 11.0. The highest BCUT2D eigenvalue weighted by Crippen LogP contribution is 2.39. The van der Waals surface area contributed by atoms with Crippen molar-refractivity contribution in [2.75, 3.05) is 0 Å². The van der Waals surface area contributed by atoms with Crippen LogP contribution in [0.2, 0.25) is 10.0 Å². The summed E-state index contributed by atoms with van der Waals surface area (Å²) < 4.78 is 13.9. The third-order valence-electron chi connectivity index (χ3n) is 6.20. The first-order chi connectivity index (χ1) is 17.3. The van der Waals surface area contributed by atoms with Gasteiger partial charge in [-0.25, -0.2) is 0 Å². The van der Waals surface area contributed by atoms with E-state index in [4.69, 9.17) is 32.5 Å². The molecule has 0 atom stereocenters. The van der Waals surface area contributed by atoms with Crippen LogP contribution in [0.3, 0.4) is 0 Å². The molecular formula is C29H27Cl2N3O2. The minimum Gasteiger partial charge on any atom is -0.489 e. The molecule has 0 aliphatic rings. The van der Waals surface area contributed by atoms with Crippen molar-refractivity contribution in [3.8, 4) is 28.1 Å². The molecule has 3 aromatic carbocycles. The van der Waals surface area contributed by atoms with E-state index in [1.54, 1.807) is 12.1 Å². The molecule has 2 heterocycles. The monoisotopic (exact) mass is 519 g/mol. The summed E-state index contributed by atoms with van der Waals surface area (Å²) in [7, 11) is 0. The first-order valence-corrected chi connectivity index (χ1v) is 12.7. The molecule has 7 heteroatoms. The molecule has 0 bridgehead atoms. The normalized spacial score (nSPS) is 11.7. The Hall–Kier alpha value is -3.28. The van der Waals surface area contributed by atoms with Gasteiger partial charge in [0.05, 0.1) is 27.3 Å². The molecule has 0 aliphatic heterocycles. The molecule has 0 aliphatic carbocycles.